The third kappa shape index (κ3) is 5.20. The summed E-state index contributed by atoms with van der Waals surface area (Å²) < 4.78 is 0. The molecule has 0 fully saturated rings. The van der Waals surface area contributed by atoms with Crippen LogP contribution in [0.25, 0.3) is 0 Å². The second kappa shape index (κ2) is 6.72. The van der Waals surface area contributed by atoms with Crippen molar-refractivity contribution < 1.29 is 5.11 Å². The molecule has 0 aliphatic carbocycles. The molecule has 0 aliphatic heterocycles. The van der Waals surface area contributed by atoms with E-state index in [2.05, 4.69) is 55.3 Å². The Balaban J connectivity index is 2.07. The summed E-state index contributed by atoms with van der Waals surface area (Å²) in [5.74, 6) is 0.202. The molecule has 2 N–H and O–H groups in total. The molecule has 1 aromatic carbocycles. The summed E-state index contributed by atoms with van der Waals surface area (Å²) in [5.41, 5.74) is 2.48. The number of nitrogens with zero attached hydrogens (tertiary/aromatic N) is 1. The van der Waals surface area contributed by atoms with E-state index in [1.54, 1.807) is 6.07 Å². The van der Waals surface area contributed by atoms with E-state index < -0.39 is 0 Å². The van der Waals surface area contributed by atoms with Crippen molar-refractivity contribution in [2.75, 3.05) is 0 Å². The molecule has 0 spiro atoms. The molecule has 0 bridgehead atoms. The highest BCUT2D eigenvalue weighted by atomic mass is 16.3. The van der Waals surface area contributed by atoms with E-state index in [1.165, 1.54) is 11.8 Å². The molecule has 2 rings (SSSR count). The van der Waals surface area contributed by atoms with Gasteiger partial charge in [0.25, 0.3) is 0 Å². The molecule has 0 saturated heterocycles. The van der Waals surface area contributed by atoms with Crippen molar-refractivity contribution in [1.29, 1.82) is 0 Å². The fraction of sp³-hybridized carbons (Fsp3) is 0.389. The van der Waals surface area contributed by atoms with E-state index in [-0.39, 0.29) is 11.2 Å². The largest absolute Gasteiger partial charge is 0.506 e. The van der Waals surface area contributed by atoms with E-state index >= 15 is 0 Å². The lowest BCUT2D eigenvalue weighted by molar-refractivity contribution is 0.309. The third-order valence-corrected chi connectivity index (χ3v) is 3.36. The fourth-order valence-electron chi connectivity index (χ4n) is 2.35. The molecule has 21 heavy (non-hydrogen) atoms. The van der Waals surface area contributed by atoms with Crippen molar-refractivity contribution in [1.82, 2.24) is 10.3 Å². The molecule has 0 aliphatic rings. The van der Waals surface area contributed by atoms with Gasteiger partial charge in [-0.2, -0.15) is 0 Å². The third-order valence-electron chi connectivity index (χ3n) is 3.36. The van der Waals surface area contributed by atoms with Crippen molar-refractivity contribution in [3.8, 4) is 5.75 Å². The molecule has 1 heterocycles. The lowest BCUT2D eigenvalue weighted by atomic mass is 9.85. The van der Waals surface area contributed by atoms with Gasteiger partial charge in [0, 0.05) is 12.6 Å². The fourth-order valence-corrected chi connectivity index (χ4v) is 2.35. The first-order valence-electron chi connectivity index (χ1n) is 7.36. The highest BCUT2D eigenvalue weighted by molar-refractivity contribution is 5.20. The van der Waals surface area contributed by atoms with E-state index in [4.69, 9.17) is 0 Å². The van der Waals surface area contributed by atoms with Crippen molar-refractivity contribution in [2.24, 2.45) is 5.41 Å². The van der Waals surface area contributed by atoms with Crippen LogP contribution >= 0.6 is 0 Å². The summed E-state index contributed by atoms with van der Waals surface area (Å²) >= 11 is 0. The minimum absolute atomic E-state index is 0.202. The van der Waals surface area contributed by atoms with Gasteiger partial charge in [-0.15, -0.1) is 0 Å². The van der Waals surface area contributed by atoms with Crippen LogP contribution in [0.3, 0.4) is 0 Å². The van der Waals surface area contributed by atoms with Gasteiger partial charge in [-0.3, -0.25) is 4.98 Å². The van der Waals surface area contributed by atoms with Crippen LogP contribution in [-0.2, 0) is 6.54 Å². The maximum atomic E-state index is 9.28. The zero-order valence-electron chi connectivity index (χ0n) is 13.0. The predicted octanol–water partition coefficient (Wildman–Crippen LogP) is 4.05. The van der Waals surface area contributed by atoms with Gasteiger partial charge in [0.15, 0.2) is 0 Å². The molecule has 3 heteroatoms. The van der Waals surface area contributed by atoms with E-state index in [0.717, 1.165) is 12.1 Å². The maximum Gasteiger partial charge on any atom is 0.133 e. The number of benzene rings is 1. The molecule has 1 aromatic heterocycles. The van der Waals surface area contributed by atoms with Gasteiger partial charge in [-0.25, -0.2) is 0 Å². The lowest BCUT2D eigenvalue weighted by Crippen LogP contribution is -2.25. The van der Waals surface area contributed by atoms with Crippen LogP contribution in [0.2, 0.25) is 0 Å². The van der Waals surface area contributed by atoms with Gasteiger partial charge >= 0.3 is 0 Å². The molecular formula is C18H24N2O. The Morgan fingerprint density at radius 1 is 1.10 bits per heavy atom. The monoisotopic (exact) mass is 284 g/mol. The number of aromatic hydroxyl groups is 1. The summed E-state index contributed by atoms with van der Waals surface area (Å²) in [4.78, 5) is 4.23. The summed E-state index contributed by atoms with van der Waals surface area (Å²) in [6.07, 6.45) is 2.54. The first-order valence-corrected chi connectivity index (χ1v) is 7.36. The van der Waals surface area contributed by atoms with Crippen LogP contribution in [0, 0.1) is 5.41 Å². The summed E-state index contributed by atoms with van der Waals surface area (Å²) in [7, 11) is 0. The zero-order valence-corrected chi connectivity index (χ0v) is 13.0. The summed E-state index contributed by atoms with van der Waals surface area (Å²) in [6, 6.07) is 14.3. The molecule has 0 radical (unpaired) electrons. The Hall–Kier alpha value is -1.87. The van der Waals surface area contributed by atoms with Crippen molar-refractivity contribution in [3.05, 3.63) is 59.9 Å². The molecular weight excluding hydrogens is 260 g/mol. The molecule has 2 aromatic rings. The van der Waals surface area contributed by atoms with Crippen molar-refractivity contribution in [2.45, 2.75) is 39.8 Å². The molecule has 1 atom stereocenters. The van der Waals surface area contributed by atoms with Gasteiger partial charge < -0.3 is 10.4 Å². The Kier molecular flexibility index (Phi) is 4.97. The smallest absolute Gasteiger partial charge is 0.133 e. The number of pyridine rings is 1. The molecule has 3 nitrogen and oxygen atoms in total. The van der Waals surface area contributed by atoms with Crippen LogP contribution in [0.5, 0.6) is 5.75 Å². The van der Waals surface area contributed by atoms with E-state index in [0.29, 0.717) is 12.6 Å². The Morgan fingerprint density at radius 2 is 1.81 bits per heavy atom. The molecule has 0 saturated carbocycles. The topological polar surface area (TPSA) is 45.1 Å². The maximum absolute atomic E-state index is 9.28. The number of nitrogens with one attached hydrogen (secondary N) is 1. The Bertz CT molecular complexity index is 544. The van der Waals surface area contributed by atoms with E-state index in [1.807, 2.05) is 12.1 Å². The summed E-state index contributed by atoms with van der Waals surface area (Å²) in [5, 5.41) is 12.9. The van der Waals surface area contributed by atoms with Gasteiger partial charge in [0.05, 0.1) is 11.9 Å². The highest BCUT2D eigenvalue weighted by Crippen LogP contribution is 2.29. The predicted molar refractivity (Wildman–Crippen MR) is 86.0 cm³/mol. The first-order chi connectivity index (χ1) is 9.94. The van der Waals surface area contributed by atoms with Crippen LogP contribution in [0.15, 0.2) is 48.7 Å². The number of hydrogen-bond donors (Lipinski definition) is 2. The number of aromatic nitrogens is 1. The highest BCUT2D eigenvalue weighted by Gasteiger charge is 2.19. The minimum atomic E-state index is 0.202. The van der Waals surface area contributed by atoms with Crippen molar-refractivity contribution >= 4 is 0 Å². The van der Waals surface area contributed by atoms with E-state index in [9.17, 15) is 5.11 Å². The Labute approximate surface area is 127 Å². The van der Waals surface area contributed by atoms with Gasteiger partial charge in [0.2, 0.25) is 0 Å². The van der Waals surface area contributed by atoms with Gasteiger partial charge in [-0.05, 0) is 29.5 Å². The SMILES string of the molecule is CC(C)(C)CC(NCc1ccc(O)cn1)c1ccccc1. The summed E-state index contributed by atoms with van der Waals surface area (Å²) in [6.45, 7) is 7.45. The van der Waals surface area contributed by atoms with Gasteiger partial charge in [0.1, 0.15) is 5.75 Å². The standard InChI is InChI=1S/C18H24N2O/c1-18(2,3)11-17(14-7-5-4-6-8-14)20-12-15-9-10-16(21)13-19-15/h4-10,13,17,20-21H,11-12H2,1-3H3. The van der Waals surface area contributed by atoms with Crippen LogP contribution < -0.4 is 5.32 Å². The van der Waals surface area contributed by atoms with Crippen molar-refractivity contribution in [3.63, 3.8) is 0 Å². The number of rotatable bonds is 5. The molecule has 1 unspecified atom stereocenters. The lowest BCUT2D eigenvalue weighted by Gasteiger charge is -2.27. The number of hydrogen-bond acceptors (Lipinski definition) is 3. The average molecular weight is 284 g/mol. The molecule has 0 amide bonds. The van der Waals surface area contributed by atoms with Crippen LogP contribution in [0.1, 0.15) is 44.5 Å². The normalized spacial score (nSPS) is 13.1. The second-order valence-corrected chi connectivity index (χ2v) is 6.62. The average Bonchev–Trinajstić information content (AvgIpc) is 2.45. The quantitative estimate of drug-likeness (QED) is 0.870. The Morgan fingerprint density at radius 3 is 2.38 bits per heavy atom. The zero-order chi connectivity index (χ0) is 15.3. The first kappa shape index (κ1) is 15.5. The van der Waals surface area contributed by atoms with Crippen LogP contribution in [-0.4, -0.2) is 10.1 Å². The molecule has 112 valence electrons. The second-order valence-electron chi connectivity index (χ2n) is 6.62. The minimum Gasteiger partial charge on any atom is -0.506 e. The van der Waals surface area contributed by atoms with Gasteiger partial charge in [-0.1, -0.05) is 51.1 Å². The van der Waals surface area contributed by atoms with Crippen LogP contribution in [0.4, 0.5) is 0 Å².